The Balaban J connectivity index is 1.99. The molecule has 0 aliphatic heterocycles. The number of rotatable bonds is 6. The van der Waals surface area contributed by atoms with E-state index in [0.717, 1.165) is 12.3 Å². The summed E-state index contributed by atoms with van der Waals surface area (Å²) in [4.78, 5) is 12.9. The number of aryl methyl sites for hydroxylation is 1. The number of hydrogen-bond acceptors (Lipinski definition) is 8. The molecule has 10 nitrogen and oxygen atoms in total. The fraction of sp³-hybridized carbons (Fsp3) is 0.211. The monoisotopic (exact) mass is 464 g/mol. The molecule has 1 aromatic heterocycles. The van der Waals surface area contributed by atoms with E-state index >= 15 is 0 Å². The molecule has 0 spiro atoms. The first kappa shape index (κ1) is 22.4. The van der Waals surface area contributed by atoms with Gasteiger partial charge in [-0.3, -0.25) is 9.89 Å². The van der Waals surface area contributed by atoms with Crippen molar-refractivity contribution in [3.05, 3.63) is 58.5 Å². The highest BCUT2D eigenvalue weighted by Gasteiger charge is 2.16. The maximum Gasteiger partial charge on any atom is 0.299 e. The molecule has 0 bridgehead atoms. The van der Waals surface area contributed by atoms with Gasteiger partial charge in [-0.25, -0.2) is 21.5 Å². The number of aromatic amines is 1. The zero-order valence-corrected chi connectivity index (χ0v) is 18.5. The molecule has 0 saturated carbocycles. The van der Waals surface area contributed by atoms with E-state index in [1.165, 1.54) is 41.1 Å². The summed E-state index contributed by atoms with van der Waals surface area (Å²) in [7, 11) is -6.88. The van der Waals surface area contributed by atoms with Crippen molar-refractivity contribution in [1.29, 1.82) is 0 Å². The van der Waals surface area contributed by atoms with Crippen molar-refractivity contribution < 1.29 is 21.9 Å². The number of hydrogen-bond donors (Lipinski definition) is 2. The van der Waals surface area contributed by atoms with E-state index in [1.54, 1.807) is 13.8 Å². The number of azo groups is 1. The Morgan fingerprint density at radius 2 is 1.61 bits per heavy atom. The summed E-state index contributed by atoms with van der Waals surface area (Å²) in [6.07, 6.45) is 1.02. The SMILES string of the molecule is CCS(=O)(=O)c1ccc(-n2[nH]c(C)c(N=Nc3cc(S(C)(=O)=O)ccc3O)c2=O)cc1. The molecule has 0 atom stereocenters. The molecule has 12 heteroatoms. The highest BCUT2D eigenvalue weighted by atomic mass is 32.2. The van der Waals surface area contributed by atoms with Crippen LogP contribution in [-0.4, -0.2) is 43.7 Å². The third-order valence-electron chi connectivity index (χ3n) is 4.51. The van der Waals surface area contributed by atoms with Crippen LogP contribution in [-0.2, 0) is 19.7 Å². The van der Waals surface area contributed by atoms with Crippen LogP contribution >= 0.6 is 0 Å². The third kappa shape index (κ3) is 4.59. The second-order valence-corrected chi connectivity index (χ2v) is 11.0. The first-order valence-corrected chi connectivity index (χ1v) is 12.6. The summed E-state index contributed by atoms with van der Waals surface area (Å²) in [5.41, 5.74) is 0.0633. The molecular formula is C19H20N4O6S2. The van der Waals surface area contributed by atoms with Gasteiger partial charge in [-0.2, -0.15) is 0 Å². The highest BCUT2D eigenvalue weighted by Crippen LogP contribution is 2.30. The van der Waals surface area contributed by atoms with Crippen molar-refractivity contribution in [2.24, 2.45) is 10.2 Å². The Kier molecular flexibility index (Phi) is 5.87. The van der Waals surface area contributed by atoms with Crippen molar-refractivity contribution in [2.75, 3.05) is 12.0 Å². The average Bonchev–Trinajstić information content (AvgIpc) is 3.00. The molecule has 31 heavy (non-hydrogen) atoms. The van der Waals surface area contributed by atoms with E-state index in [2.05, 4.69) is 15.3 Å². The number of H-pyrrole nitrogens is 1. The zero-order chi connectivity index (χ0) is 23.0. The molecule has 1 heterocycles. The summed E-state index contributed by atoms with van der Waals surface area (Å²) in [5.74, 6) is -0.330. The maximum atomic E-state index is 12.8. The average molecular weight is 465 g/mol. The minimum absolute atomic E-state index is 0.0359. The van der Waals surface area contributed by atoms with Gasteiger partial charge >= 0.3 is 0 Å². The van der Waals surface area contributed by atoms with Gasteiger partial charge in [0.05, 0.1) is 26.9 Å². The third-order valence-corrected chi connectivity index (χ3v) is 7.37. The van der Waals surface area contributed by atoms with E-state index in [-0.39, 0.29) is 32.7 Å². The summed E-state index contributed by atoms with van der Waals surface area (Å²) in [6.45, 7) is 3.14. The van der Waals surface area contributed by atoms with Crippen LogP contribution in [0.4, 0.5) is 11.4 Å². The van der Waals surface area contributed by atoms with Crippen LogP contribution in [0.2, 0.25) is 0 Å². The van der Waals surface area contributed by atoms with E-state index in [1.807, 2.05) is 0 Å². The Hall–Kier alpha value is -3.25. The minimum atomic E-state index is -3.52. The van der Waals surface area contributed by atoms with Crippen LogP contribution in [0.15, 0.2) is 67.3 Å². The molecular weight excluding hydrogens is 444 g/mol. The van der Waals surface area contributed by atoms with Crippen LogP contribution in [0.1, 0.15) is 12.6 Å². The predicted molar refractivity (Wildman–Crippen MR) is 114 cm³/mol. The molecule has 0 saturated heterocycles. The molecule has 3 aromatic rings. The minimum Gasteiger partial charge on any atom is -0.506 e. The van der Waals surface area contributed by atoms with Gasteiger partial charge < -0.3 is 5.11 Å². The molecule has 0 radical (unpaired) electrons. The molecule has 164 valence electrons. The second-order valence-electron chi connectivity index (χ2n) is 6.75. The fourth-order valence-corrected chi connectivity index (χ4v) is 4.25. The Labute approximate surface area is 178 Å². The quantitative estimate of drug-likeness (QED) is 0.535. The lowest BCUT2D eigenvalue weighted by atomic mass is 10.3. The van der Waals surface area contributed by atoms with Gasteiger partial charge in [0.1, 0.15) is 11.4 Å². The molecule has 0 amide bonds. The van der Waals surface area contributed by atoms with Gasteiger partial charge in [0.15, 0.2) is 25.4 Å². The van der Waals surface area contributed by atoms with E-state index in [9.17, 15) is 26.7 Å². The first-order valence-electron chi connectivity index (χ1n) is 9.03. The van der Waals surface area contributed by atoms with Crippen molar-refractivity contribution in [1.82, 2.24) is 9.78 Å². The fourth-order valence-electron chi connectivity index (χ4n) is 2.72. The van der Waals surface area contributed by atoms with Crippen LogP contribution in [0, 0.1) is 6.92 Å². The number of nitrogens with zero attached hydrogens (tertiary/aromatic N) is 3. The van der Waals surface area contributed by atoms with Gasteiger partial charge in [-0.05, 0) is 49.4 Å². The maximum absolute atomic E-state index is 12.8. The number of phenolic OH excluding ortho intramolecular Hbond substituents is 1. The summed E-state index contributed by atoms with van der Waals surface area (Å²) in [5, 5.41) is 20.5. The Morgan fingerprint density at radius 1 is 1.00 bits per heavy atom. The van der Waals surface area contributed by atoms with Crippen LogP contribution < -0.4 is 5.56 Å². The smallest absolute Gasteiger partial charge is 0.299 e. The zero-order valence-electron chi connectivity index (χ0n) is 16.9. The van der Waals surface area contributed by atoms with Gasteiger partial charge in [0, 0.05) is 6.26 Å². The van der Waals surface area contributed by atoms with E-state index in [4.69, 9.17) is 0 Å². The van der Waals surface area contributed by atoms with Crippen molar-refractivity contribution in [3.63, 3.8) is 0 Å². The van der Waals surface area contributed by atoms with E-state index < -0.39 is 25.2 Å². The number of benzene rings is 2. The van der Waals surface area contributed by atoms with Gasteiger partial charge in [0.2, 0.25) is 0 Å². The van der Waals surface area contributed by atoms with Crippen molar-refractivity contribution in [2.45, 2.75) is 23.6 Å². The lowest BCUT2D eigenvalue weighted by molar-refractivity contribution is 0.476. The number of phenols is 1. The predicted octanol–water partition coefficient (Wildman–Crippen LogP) is 2.79. The lowest BCUT2D eigenvalue weighted by Crippen LogP contribution is -2.14. The number of aromatic nitrogens is 2. The lowest BCUT2D eigenvalue weighted by Gasteiger charge is -2.04. The normalized spacial score (nSPS) is 12.5. The molecule has 0 aliphatic carbocycles. The second kappa shape index (κ2) is 8.12. The van der Waals surface area contributed by atoms with Gasteiger partial charge in [-0.15, -0.1) is 10.2 Å². The summed E-state index contributed by atoms with van der Waals surface area (Å²) < 4.78 is 48.5. The largest absolute Gasteiger partial charge is 0.506 e. The van der Waals surface area contributed by atoms with Crippen LogP contribution in [0.25, 0.3) is 5.69 Å². The molecule has 0 fully saturated rings. The number of nitrogens with one attached hydrogen (secondary N) is 1. The van der Waals surface area contributed by atoms with Gasteiger partial charge in [-0.1, -0.05) is 6.92 Å². The van der Waals surface area contributed by atoms with Gasteiger partial charge in [0.25, 0.3) is 5.56 Å². The number of aromatic hydroxyl groups is 1. The molecule has 2 aromatic carbocycles. The Morgan fingerprint density at radius 3 is 2.19 bits per heavy atom. The molecule has 0 unspecified atom stereocenters. The van der Waals surface area contributed by atoms with Crippen LogP contribution in [0.3, 0.4) is 0 Å². The number of sulfone groups is 2. The standard InChI is InChI=1S/C19H20N4O6S2/c1-4-31(28,29)14-7-5-13(6-8-14)23-19(25)18(12(2)22-23)21-20-16-11-15(30(3,26)27)9-10-17(16)24/h5-11,22,24H,4H2,1-3H3. The molecule has 0 aliphatic rings. The van der Waals surface area contributed by atoms with Crippen LogP contribution in [0.5, 0.6) is 5.75 Å². The van der Waals surface area contributed by atoms with E-state index in [0.29, 0.717) is 11.4 Å². The topological polar surface area (TPSA) is 151 Å². The highest BCUT2D eigenvalue weighted by molar-refractivity contribution is 7.91. The summed E-state index contributed by atoms with van der Waals surface area (Å²) >= 11 is 0. The molecule has 3 rings (SSSR count). The molecule has 2 N–H and O–H groups in total. The first-order chi connectivity index (χ1) is 14.4. The van der Waals surface area contributed by atoms with Crippen molar-refractivity contribution >= 4 is 31.0 Å². The Bertz CT molecular complexity index is 1430. The summed E-state index contributed by atoms with van der Waals surface area (Å²) in [6, 6.07) is 9.37. The van der Waals surface area contributed by atoms with Crippen molar-refractivity contribution in [3.8, 4) is 11.4 Å².